The molecule has 2 heterocycles. The Kier molecular flexibility index (Phi) is 5.31. The largest absolute Gasteiger partial charge is 0.423 e. The van der Waals surface area contributed by atoms with E-state index in [4.69, 9.17) is 16.6 Å². The van der Waals surface area contributed by atoms with Crippen LogP contribution in [0.3, 0.4) is 0 Å². The quantitative estimate of drug-likeness (QED) is 0.502. The number of benzene rings is 2. The summed E-state index contributed by atoms with van der Waals surface area (Å²) in [6.45, 7) is 3.53. The van der Waals surface area contributed by atoms with Crippen LogP contribution in [0.5, 0.6) is 0 Å². The lowest BCUT2D eigenvalue weighted by Gasteiger charge is -2.16. The molecular formula is C22H21N3O3S. The highest BCUT2D eigenvalue weighted by molar-refractivity contribution is 7.80. The van der Waals surface area contributed by atoms with Gasteiger partial charge in [0.05, 0.1) is 0 Å². The maximum absolute atomic E-state index is 12.4. The van der Waals surface area contributed by atoms with E-state index in [-0.39, 0.29) is 11.5 Å². The minimum atomic E-state index is -0.378. The standard InChI is InChI=1S/C22H21N3O3S/c1-14-12-20(26)28-19-13-17(8-9-18(14)19)24-22(29)23-16-6-4-15(5-7-16)21(27)25-10-2-3-11-25/h4-9,12-13H,2-3,10-11H2,1H3,(H2,23,24,29). The van der Waals surface area contributed by atoms with Crippen molar-refractivity contribution in [2.75, 3.05) is 23.7 Å². The fraction of sp³-hybridized carbons (Fsp3) is 0.227. The molecule has 1 amide bonds. The average molecular weight is 407 g/mol. The zero-order chi connectivity index (χ0) is 20.4. The predicted molar refractivity (Wildman–Crippen MR) is 119 cm³/mol. The third-order valence-corrected chi connectivity index (χ3v) is 5.20. The number of likely N-dealkylation sites (tertiary alicyclic amines) is 1. The van der Waals surface area contributed by atoms with Gasteiger partial charge in [0.15, 0.2) is 5.11 Å². The van der Waals surface area contributed by atoms with Gasteiger partial charge in [0, 0.05) is 47.5 Å². The van der Waals surface area contributed by atoms with E-state index in [2.05, 4.69) is 10.6 Å². The van der Waals surface area contributed by atoms with Crippen molar-refractivity contribution in [2.45, 2.75) is 19.8 Å². The van der Waals surface area contributed by atoms with Crippen molar-refractivity contribution in [1.29, 1.82) is 0 Å². The number of nitrogens with zero attached hydrogens (tertiary/aromatic N) is 1. The highest BCUT2D eigenvalue weighted by Gasteiger charge is 2.19. The highest BCUT2D eigenvalue weighted by atomic mass is 32.1. The lowest BCUT2D eigenvalue weighted by molar-refractivity contribution is 0.0793. The van der Waals surface area contributed by atoms with Crippen molar-refractivity contribution >= 4 is 45.6 Å². The van der Waals surface area contributed by atoms with Crippen LogP contribution in [-0.2, 0) is 0 Å². The minimum Gasteiger partial charge on any atom is -0.423 e. The summed E-state index contributed by atoms with van der Waals surface area (Å²) in [6, 6.07) is 14.3. The number of aryl methyl sites for hydroxylation is 1. The van der Waals surface area contributed by atoms with Gasteiger partial charge in [-0.25, -0.2) is 4.79 Å². The van der Waals surface area contributed by atoms with Crippen molar-refractivity contribution in [3.8, 4) is 0 Å². The van der Waals surface area contributed by atoms with Crippen molar-refractivity contribution < 1.29 is 9.21 Å². The molecule has 7 heteroatoms. The lowest BCUT2D eigenvalue weighted by atomic mass is 10.1. The molecule has 1 aliphatic heterocycles. The van der Waals surface area contributed by atoms with Crippen molar-refractivity contribution in [1.82, 2.24) is 4.90 Å². The molecule has 1 fully saturated rings. The first-order valence-electron chi connectivity index (χ1n) is 9.51. The van der Waals surface area contributed by atoms with Crippen LogP contribution in [0, 0.1) is 6.92 Å². The number of thiocarbonyl (C=S) groups is 1. The predicted octanol–water partition coefficient (Wildman–Crippen LogP) is 4.15. The molecule has 2 aromatic carbocycles. The first kappa shape index (κ1) is 19.1. The van der Waals surface area contributed by atoms with Crippen molar-refractivity contribution in [3.63, 3.8) is 0 Å². The normalized spacial score (nSPS) is 13.5. The van der Waals surface area contributed by atoms with Crippen LogP contribution in [0.2, 0.25) is 0 Å². The minimum absolute atomic E-state index is 0.0719. The Morgan fingerprint density at radius 2 is 1.66 bits per heavy atom. The molecule has 0 radical (unpaired) electrons. The molecule has 1 aliphatic rings. The van der Waals surface area contributed by atoms with Gasteiger partial charge < -0.3 is 20.0 Å². The number of carbonyl (C=O) groups is 1. The molecule has 6 nitrogen and oxygen atoms in total. The number of fused-ring (bicyclic) bond motifs is 1. The van der Waals surface area contributed by atoms with Crippen LogP contribution in [0.4, 0.5) is 11.4 Å². The third-order valence-electron chi connectivity index (χ3n) is 4.99. The average Bonchev–Trinajstić information content (AvgIpc) is 3.22. The monoisotopic (exact) mass is 407 g/mol. The Bertz CT molecular complexity index is 1130. The van der Waals surface area contributed by atoms with E-state index in [1.165, 1.54) is 6.07 Å². The Morgan fingerprint density at radius 3 is 2.38 bits per heavy atom. The second-order valence-electron chi connectivity index (χ2n) is 7.12. The fourth-order valence-electron chi connectivity index (χ4n) is 3.50. The Labute approximate surface area is 173 Å². The van der Waals surface area contributed by atoms with Crippen molar-refractivity contribution in [2.24, 2.45) is 0 Å². The zero-order valence-corrected chi connectivity index (χ0v) is 16.8. The van der Waals surface area contributed by atoms with Gasteiger partial charge in [0.1, 0.15) is 5.58 Å². The first-order valence-corrected chi connectivity index (χ1v) is 9.92. The second-order valence-corrected chi connectivity index (χ2v) is 7.52. The summed E-state index contributed by atoms with van der Waals surface area (Å²) in [5, 5.41) is 7.47. The van der Waals surface area contributed by atoms with Gasteiger partial charge in [0.2, 0.25) is 0 Å². The molecule has 29 heavy (non-hydrogen) atoms. The summed E-state index contributed by atoms with van der Waals surface area (Å²) < 4.78 is 5.27. The van der Waals surface area contributed by atoms with E-state index in [0.29, 0.717) is 21.9 Å². The van der Waals surface area contributed by atoms with Gasteiger partial charge in [-0.3, -0.25) is 4.79 Å². The number of rotatable bonds is 3. The molecule has 148 valence electrons. The van der Waals surface area contributed by atoms with Crippen molar-refractivity contribution in [3.05, 3.63) is 70.1 Å². The zero-order valence-electron chi connectivity index (χ0n) is 16.0. The maximum Gasteiger partial charge on any atom is 0.336 e. The molecule has 2 N–H and O–H groups in total. The van der Waals surface area contributed by atoms with Crippen LogP contribution in [-0.4, -0.2) is 29.0 Å². The summed E-state index contributed by atoms with van der Waals surface area (Å²) in [6.07, 6.45) is 2.14. The molecule has 4 rings (SSSR count). The summed E-state index contributed by atoms with van der Waals surface area (Å²) in [5.41, 5.74) is 3.17. The molecule has 0 aliphatic carbocycles. The van der Waals surface area contributed by atoms with E-state index >= 15 is 0 Å². The van der Waals surface area contributed by atoms with Gasteiger partial charge in [-0.1, -0.05) is 0 Å². The molecule has 0 atom stereocenters. The number of hydrogen-bond acceptors (Lipinski definition) is 4. The second kappa shape index (κ2) is 8.05. The van der Waals surface area contributed by atoms with E-state index in [1.807, 2.05) is 36.1 Å². The molecule has 3 aromatic rings. The first-order chi connectivity index (χ1) is 14.0. The van der Waals surface area contributed by atoms with E-state index < -0.39 is 0 Å². The van der Waals surface area contributed by atoms with Crippen LogP contribution < -0.4 is 16.3 Å². The lowest BCUT2D eigenvalue weighted by Crippen LogP contribution is -2.27. The van der Waals surface area contributed by atoms with Crippen LogP contribution >= 0.6 is 12.2 Å². The SMILES string of the molecule is Cc1cc(=O)oc2cc(NC(=S)Nc3ccc(C(=O)N4CCCC4)cc3)ccc12. The van der Waals surface area contributed by atoms with E-state index in [0.717, 1.165) is 42.6 Å². The summed E-state index contributed by atoms with van der Waals surface area (Å²) in [7, 11) is 0. The van der Waals surface area contributed by atoms with Crippen LogP contribution in [0.1, 0.15) is 28.8 Å². The smallest absolute Gasteiger partial charge is 0.336 e. The van der Waals surface area contributed by atoms with Crippen LogP contribution in [0.25, 0.3) is 11.0 Å². The number of carbonyl (C=O) groups excluding carboxylic acids is 1. The molecular weight excluding hydrogens is 386 g/mol. The van der Waals surface area contributed by atoms with Crippen LogP contribution in [0.15, 0.2) is 57.7 Å². The van der Waals surface area contributed by atoms with E-state index in [1.54, 1.807) is 18.2 Å². The molecule has 0 saturated carbocycles. The maximum atomic E-state index is 12.4. The van der Waals surface area contributed by atoms with Gasteiger partial charge >= 0.3 is 5.63 Å². The molecule has 1 aromatic heterocycles. The number of nitrogens with one attached hydrogen (secondary N) is 2. The van der Waals surface area contributed by atoms with Gasteiger partial charge in [-0.15, -0.1) is 0 Å². The summed E-state index contributed by atoms with van der Waals surface area (Å²) in [5.74, 6) is 0.0719. The third kappa shape index (κ3) is 4.30. The molecule has 1 saturated heterocycles. The van der Waals surface area contributed by atoms with E-state index in [9.17, 15) is 9.59 Å². The molecule has 0 bridgehead atoms. The van der Waals surface area contributed by atoms with Gasteiger partial charge in [-0.05, 0) is 73.9 Å². The summed E-state index contributed by atoms with van der Waals surface area (Å²) >= 11 is 5.37. The number of amides is 1. The van der Waals surface area contributed by atoms with Gasteiger partial charge in [-0.2, -0.15) is 0 Å². The fourth-order valence-corrected chi connectivity index (χ4v) is 3.73. The Hall–Kier alpha value is -3.19. The summed E-state index contributed by atoms with van der Waals surface area (Å²) in [4.78, 5) is 25.9. The Balaban J connectivity index is 1.42. The van der Waals surface area contributed by atoms with Gasteiger partial charge in [0.25, 0.3) is 5.91 Å². The molecule has 0 unspecified atom stereocenters. The topological polar surface area (TPSA) is 74.6 Å². The number of hydrogen-bond donors (Lipinski definition) is 2. The number of anilines is 2. The Morgan fingerprint density at radius 1 is 1.00 bits per heavy atom. The highest BCUT2D eigenvalue weighted by Crippen LogP contribution is 2.21. The molecule has 0 spiro atoms.